The maximum absolute atomic E-state index is 6.40. The van der Waals surface area contributed by atoms with E-state index in [0.717, 1.165) is 24.5 Å². The van der Waals surface area contributed by atoms with Gasteiger partial charge in [-0.3, -0.25) is 0 Å². The molecule has 0 aromatic heterocycles. The van der Waals surface area contributed by atoms with Crippen LogP contribution in [0.2, 0.25) is 5.02 Å². The van der Waals surface area contributed by atoms with Gasteiger partial charge >= 0.3 is 0 Å². The van der Waals surface area contributed by atoms with Gasteiger partial charge in [-0.15, -0.1) is 12.4 Å². The highest BCUT2D eigenvalue weighted by atomic mass is 35.5. The highest BCUT2D eigenvalue weighted by Gasteiger charge is 2.36. The fourth-order valence-corrected chi connectivity index (χ4v) is 3.49. The molecule has 17 heavy (non-hydrogen) atoms. The third kappa shape index (κ3) is 2.03. The van der Waals surface area contributed by atoms with E-state index in [-0.39, 0.29) is 12.4 Å². The maximum atomic E-state index is 6.40. The normalized spacial score (nSPS) is 26.2. The van der Waals surface area contributed by atoms with Gasteiger partial charge in [0, 0.05) is 25.2 Å². The minimum atomic E-state index is 0. The zero-order chi connectivity index (χ0) is 11.3. The number of nitrogens with zero attached hydrogens (tertiary/aromatic N) is 1. The first-order chi connectivity index (χ1) is 7.66. The number of halogens is 2. The van der Waals surface area contributed by atoms with Crippen molar-refractivity contribution in [1.29, 1.82) is 0 Å². The molecule has 0 unspecified atom stereocenters. The Bertz CT molecular complexity index is 434. The van der Waals surface area contributed by atoms with E-state index in [0.29, 0.717) is 12.1 Å². The van der Waals surface area contributed by atoms with E-state index in [9.17, 15) is 0 Å². The molecule has 2 aliphatic heterocycles. The van der Waals surface area contributed by atoms with Crippen LogP contribution in [-0.4, -0.2) is 25.2 Å². The number of piperazine rings is 1. The van der Waals surface area contributed by atoms with Crippen molar-refractivity contribution >= 4 is 29.7 Å². The molecule has 0 saturated carbocycles. The summed E-state index contributed by atoms with van der Waals surface area (Å²) in [5.41, 5.74) is 3.97. The minimum absolute atomic E-state index is 0. The average Bonchev–Trinajstić information content (AvgIpc) is 2.56. The number of fused-ring (bicyclic) bond motifs is 3. The summed E-state index contributed by atoms with van der Waals surface area (Å²) in [5, 5.41) is 4.41. The summed E-state index contributed by atoms with van der Waals surface area (Å²) in [4.78, 5) is 2.51. The first kappa shape index (κ1) is 13.0. The molecule has 3 rings (SSSR count). The quantitative estimate of drug-likeness (QED) is 0.782. The molecule has 4 heteroatoms. The molecule has 0 aliphatic carbocycles. The van der Waals surface area contributed by atoms with E-state index in [4.69, 9.17) is 11.6 Å². The van der Waals surface area contributed by atoms with Crippen molar-refractivity contribution in [3.8, 4) is 0 Å². The van der Waals surface area contributed by atoms with Crippen LogP contribution < -0.4 is 10.2 Å². The van der Waals surface area contributed by atoms with Crippen molar-refractivity contribution in [2.45, 2.75) is 32.4 Å². The Morgan fingerprint density at radius 3 is 2.88 bits per heavy atom. The lowest BCUT2D eigenvalue weighted by Gasteiger charge is -2.38. The monoisotopic (exact) mass is 272 g/mol. The Balaban J connectivity index is 0.00000108. The lowest BCUT2D eigenvalue weighted by molar-refractivity contribution is 0.430. The van der Waals surface area contributed by atoms with Crippen LogP contribution in [0.15, 0.2) is 12.1 Å². The molecule has 0 radical (unpaired) electrons. The van der Waals surface area contributed by atoms with Crippen LogP contribution in [0.3, 0.4) is 0 Å². The van der Waals surface area contributed by atoms with E-state index < -0.39 is 0 Å². The third-order valence-electron chi connectivity index (χ3n) is 3.69. The fourth-order valence-electron chi connectivity index (χ4n) is 3.09. The van der Waals surface area contributed by atoms with Gasteiger partial charge in [-0.05, 0) is 37.5 Å². The number of aryl methyl sites for hydroxylation is 1. The van der Waals surface area contributed by atoms with Crippen LogP contribution in [0, 0.1) is 6.92 Å². The Labute approximate surface area is 114 Å². The van der Waals surface area contributed by atoms with Crippen molar-refractivity contribution in [1.82, 2.24) is 5.32 Å². The number of benzene rings is 1. The third-order valence-corrected chi connectivity index (χ3v) is 3.98. The van der Waals surface area contributed by atoms with Gasteiger partial charge in [0.2, 0.25) is 0 Å². The minimum Gasteiger partial charge on any atom is -0.362 e. The largest absolute Gasteiger partial charge is 0.362 e. The highest BCUT2D eigenvalue weighted by molar-refractivity contribution is 6.33. The van der Waals surface area contributed by atoms with Crippen molar-refractivity contribution in [2.24, 2.45) is 0 Å². The van der Waals surface area contributed by atoms with E-state index in [1.807, 2.05) is 0 Å². The van der Waals surface area contributed by atoms with Gasteiger partial charge in [0.15, 0.2) is 0 Å². The van der Waals surface area contributed by atoms with E-state index in [1.165, 1.54) is 16.8 Å². The summed E-state index contributed by atoms with van der Waals surface area (Å²) < 4.78 is 0. The summed E-state index contributed by atoms with van der Waals surface area (Å²) in [6.07, 6.45) is 1.13. The second kappa shape index (κ2) is 4.68. The second-order valence-corrected chi connectivity index (χ2v) is 5.43. The molecule has 0 spiro atoms. The summed E-state index contributed by atoms with van der Waals surface area (Å²) in [5.74, 6) is 0. The SMILES string of the molecule is Cc1cc(Cl)c2c(c1)C[C@@H]1CNC[C@@H](C)N21.Cl. The molecule has 2 atom stereocenters. The van der Waals surface area contributed by atoms with E-state index in [2.05, 4.69) is 36.2 Å². The van der Waals surface area contributed by atoms with E-state index >= 15 is 0 Å². The predicted octanol–water partition coefficient (Wildman–Crippen LogP) is 2.79. The molecule has 1 fully saturated rings. The summed E-state index contributed by atoms with van der Waals surface area (Å²) in [6, 6.07) is 5.50. The molecule has 0 amide bonds. The summed E-state index contributed by atoms with van der Waals surface area (Å²) in [7, 11) is 0. The second-order valence-electron chi connectivity index (χ2n) is 5.03. The number of anilines is 1. The molecule has 94 valence electrons. The zero-order valence-corrected chi connectivity index (χ0v) is 11.7. The maximum Gasteiger partial charge on any atom is 0.0645 e. The van der Waals surface area contributed by atoms with Gasteiger partial charge in [-0.2, -0.15) is 0 Å². The summed E-state index contributed by atoms with van der Waals surface area (Å²) in [6.45, 7) is 6.52. The van der Waals surface area contributed by atoms with Crippen LogP contribution in [0.25, 0.3) is 0 Å². The molecule has 1 aromatic rings. The molecule has 2 heterocycles. The van der Waals surface area contributed by atoms with Gasteiger partial charge in [0.05, 0.1) is 10.7 Å². The molecule has 1 saturated heterocycles. The zero-order valence-electron chi connectivity index (χ0n) is 10.2. The van der Waals surface area contributed by atoms with Gasteiger partial charge in [-0.25, -0.2) is 0 Å². The van der Waals surface area contributed by atoms with Gasteiger partial charge in [0.25, 0.3) is 0 Å². The topological polar surface area (TPSA) is 15.3 Å². The van der Waals surface area contributed by atoms with Crippen LogP contribution in [0.1, 0.15) is 18.1 Å². The molecule has 2 aliphatic rings. The highest BCUT2D eigenvalue weighted by Crippen LogP contribution is 2.40. The molecular formula is C13H18Cl2N2. The van der Waals surface area contributed by atoms with Gasteiger partial charge in [-0.1, -0.05) is 17.7 Å². The Morgan fingerprint density at radius 2 is 2.12 bits per heavy atom. The molecule has 2 nitrogen and oxygen atoms in total. The molecule has 1 aromatic carbocycles. The first-order valence-electron chi connectivity index (χ1n) is 5.95. The van der Waals surface area contributed by atoms with Gasteiger partial charge < -0.3 is 10.2 Å². The number of rotatable bonds is 0. The van der Waals surface area contributed by atoms with Crippen molar-refractivity contribution in [3.63, 3.8) is 0 Å². The first-order valence-corrected chi connectivity index (χ1v) is 6.32. The smallest absolute Gasteiger partial charge is 0.0645 e. The van der Waals surface area contributed by atoms with E-state index in [1.54, 1.807) is 0 Å². The number of nitrogens with one attached hydrogen (secondary N) is 1. The van der Waals surface area contributed by atoms with Crippen LogP contribution in [0.5, 0.6) is 0 Å². The van der Waals surface area contributed by atoms with Crippen LogP contribution in [0.4, 0.5) is 5.69 Å². The van der Waals surface area contributed by atoms with Crippen molar-refractivity contribution in [3.05, 3.63) is 28.3 Å². The lowest BCUT2D eigenvalue weighted by atomic mass is 10.1. The Morgan fingerprint density at radius 1 is 1.35 bits per heavy atom. The average molecular weight is 273 g/mol. The fraction of sp³-hybridized carbons (Fsp3) is 0.538. The predicted molar refractivity (Wildman–Crippen MR) is 75.7 cm³/mol. The number of hydrogen-bond acceptors (Lipinski definition) is 2. The van der Waals surface area contributed by atoms with Crippen LogP contribution in [-0.2, 0) is 6.42 Å². The lowest BCUT2D eigenvalue weighted by Crippen LogP contribution is -2.54. The van der Waals surface area contributed by atoms with Crippen molar-refractivity contribution < 1.29 is 0 Å². The number of hydrogen-bond donors (Lipinski definition) is 1. The Kier molecular flexibility index (Phi) is 3.58. The van der Waals surface area contributed by atoms with Crippen molar-refractivity contribution in [2.75, 3.05) is 18.0 Å². The molecule has 1 N–H and O–H groups in total. The Hall–Kier alpha value is -0.440. The van der Waals surface area contributed by atoms with Crippen LogP contribution >= 0.6 is 24.0 Å². The summed E-state index contributed by atoms with van der Waals surface area (Å²) >= 11 is 6.40. The standard InChI is InChI=1S/C13H17ClN2.ClH/c1-8-3-10-5-11-7-15-6-9(2)16(11)13(10)12(14)4-8;/h3-4,9,11,15H,5-7H2,1-2H3;1H/t9-,11-;/m1./s1. The molecule has 0 bridgehead atoms. The molecular weight excluding hydrogens is 255 g/mol. The van der Waals surface area contributed by atoms with Gasteiger partial charge in [0.1, 0.15) is 0 Å².